The lowest BCUT2D eigenvalue weighted by atomic mass is 9.81. The summed E-state index contributed by atoms with van der Waals surface area (Å²) >= 11 is 0. The van der Waals surface area contributed by atoms with Gasteiger partial charge in [-0.15, -0.1) is 0 Å². The minimum atomic E-state index is -0.998. The molecular weight excluding hydrogens is 294 g/mol. The van der Waals surface area contributed by atoms with Crippen LogP contribution >= 0.6 is 0 Å². The first-order valence-electron chi connectivity index (χ1n) is 8.14. The largest absolute Gasteiger partial charge is 0.480 e. The van der Waals surface area contributed by atoms with Gasteiger partial charge in [-0.3, -0.25) is 4.79 Å². The van der Waals surface area contributed by atoms with Crippen molar-refractivity contribution in [2.75, 3.05) is 13.7 Å². The summed E-state index contributed by atoms with van der Waals surface area (Å²) in [6.45, 7) is 0.518. The van der Waals surface area contributed by atoms with Crippen LogP contribution in [0, 0.1) is 5.41 Å². The summed E-state index contributed by atoms with van der Waals surface area (Å²) in [5, 5.41) is 12.2. The zero-order valence-electron chi connectivity index (χ0n) is 13.6. The molecule has 0 aromatic heterocycles. The van der Waals surface area contributed by atoms with Crippen molar-refractivity contribution in [2.24, 2.45) is 5.41 Å². The fourth-order valence-corrected chi connectivity index (χ4v) is 3.30. The van der Waals surface area contributed by atoms with E-state index in [9.17, 15) is 14.7 Å². The first-order valence-corrected chi connectivity index (χ1v) is 8.14. The molecule has 0 radical (unpaired) electrons. The van der Waals surface area contributed by atoms with Crippen molar-refractivity contribution in [1.29, 1.82) is 0 Å². The van der Waals surface area contributed by atoms with E-state index in [0.717, 1.165) is 31.2 Å². The molecule has 1 fully saturated rings. The lowest BCUT2D eigenvalue weighted by Crippen LogP contribution is -2.49. The van der Waals surface area contributed by atoms with Crippen molar-refractivity contribution in [3.8, 4) is 0 Å². The lowest BCUT2D eigenvalue weighted by molar-refractivity contribution is -0.144. The molecule has 1 aromatic rings. The standard InChI is InChI=1S/C18H25NO4/c1-23-12-11-18(9-5-6-10-18)17(22)19-15(16(20)21)13-14-7-3-2-4-8-14/h2-4,7-8,15H,5-6,9-13H2,1H3,(H,19,22)(H,20,21). The summed E-state index contributed by atoms with van der Waals surface area (Å²) in [7, 11) is 1.62. The molecule has 1 aliphatic carbocycles. The predicted molar refractivity (Wildman–Crippen MR) is 87.1 cm³/mol. The SMILES string of the molecule is COCCC1(C(=O)NC(Cc2ccccc2)C(=O)O)CCCC1. The third kappa shape index (κ3) is 4.55. The fraction of sp³-hybridized carbons (Fsp3) is 0.556. The van der Waals surface area contributed by atoms with E-state index in [1.54, 1.807) is 7.11 Å². The highest BCUT2D eigenvalue weighted by molar-refractivity contribution is 5.87. The maximum absolute atomic E-state index is 12.7. The van der Waals surface area contributed by atoms with Crippen molar-refractivity contribution in [3.63, 3.8) is 0 Å². The molecule has 5 nitrogen and oxygen atoms in total. The van der Waals surface area contributed by atoms with E-state index in [0.29, 0.717) is 19.4 Å². The number of ether oxygens (including phenoxy) is 1. The number of amides is 1. The molecule has 2 N–H and O–H groups in total. The van der Waals surface area contributed by atoms with Crippen molar-refractivity contribution >= 4 is 11.9 Å². The summed E-state index contributed by atoms with van der Waals surface area (Å²) in [6.07, 6.45) is 4.57. The van der Waals surface area contributed by atoms with Crippen LogP contribution < -0.4 is 5.32 Å². The molecule has 23 heavy (non-hydrogen) atoms. The zero-order chi connectivity index (χ0) is 16.7. The predicted octanol–water partition coefficient (Wildman–Crippen LogP) is 2.40. The normalized spacial score (nSPS) is 17.6. The highest BCUT2D eigenvalue weighted by Gasteiger charge is 2.41. The van der Waals surface area contributed by atoms with Gasteiger partial charge in [0.05, 0.1) is 5.41 Å². The van der Waals surface area contributed by atoms with Gasteiger partial charge >= 0.3 is 5.97 Å². The van der Waals surface area contributed by atoms with Gasteiger partial charge in [0.2, 0.25) is 5.91 Å². The van der Waals surface area contributed by atoms with Gasteiger partial charge in [-0.25, -0.2) is 4.79 Å². The number of methoxy groups -OCH3 is 1. The Morgan fingerprint density at radius 2 is 1.91 bits per heavy atom. The van der Waals surface area contributed by atoms with E-state index in [1.807, 2.05) is 30.3 Å². The number of rotatable bonds is 8. The van der Waals surface area contributed by atoms with Crippen LogP contribution in [0.25, 0.3) is 0 Å². The third-order valence-electron chi connectivity index (χ3n) is 4.71. The number of carboxylic acids is 1. The van der Waals surface area contributed by atoms with E-state index in [1.165, 1.54) is 0 Å². The van der Waals surface area contributed by atoms with E-state index in [2.05, 4.69) is 5.32 Å². The quantitative estimate of drug-likeness (QED) is 0.771. The summed E-state index contributed by atoms with van der Waals surface area (Å²) < 4.78 is 5.13. The van der Waals surface area contributed by atoms with Crippen LogP contribution in [0.15, 0.2) is 30.3 Å². The molecule has 126 valence electrons. The molecule has 1 amide bonds. The minimum absolute atomic E-state index is 0.143. The Bertz CT molecular complexity index is 523. The number of nitrogens with one attached hydrogen (secondary N) is 1. The molecule has 1 atom stereocenters. The van der Waals surface area contributed by atoms with E-state index < -0.39 is 17.4 Å². The highest BCUT2D eigenvalue weighted by atomic mass is 16.5. The van der Waals surface area contributed by atoms with Gasteiger partial charge in [0.25, 0.3) is 0 Å². The van der Waals surface area contributed by atoms with Crippen LogP contribution in [0.3, 0.4) is 0 Å². The Morgan fingerprint density at radius 1 is 1.26 bits per heavy atom. The number of hydrogen-bond acceptors (Lipinski definition) is 3. The van der Waals surface area contributed by atoms with Crippen molar-refractivity contribution in [2.45, 2.75) is 44.6 Å². The molecular formula is C18H25NO4. The Morgan fingerprint density at radius 3 is 2.48 bits per heavy atom. The maximum atomic E-state index is 12.7. The summed E-state index contributed by atoms with van der Waals surface area (Å²) in [5.74, 6) is -1.14. The van der Waals surface area contributed by atoms with E-state index >= 15 is 0 Å². The van der Waals surface area contributed by atoms with Gasteiger partial charge in [0, 0.05) is 20.1 Å². The zero-order valence-corrected chi connectivity index (χ0v) is 13.6. The summed E-state index contributed by atoms with van der Waals surface area (Å²) in [4.78, 5) is 24.3. The molecule has 1 saturated carbocycles. The third-order valence-corrected chi connectivity index (χ3v) is 4.71. The van der Waals surface area contributed by atoms with Gasteiger partial charge in [0.1, 0.15) is 6.04 Å². The molecule has 0 bridgehead atoms. The van der Waals surface area contributed by atoms with Crippen LogP contribution in [0.5, 0.6) is 0 Å². The van der Waals surface area contributed by atoms with Crippen molar-refractivity contribution in [1.82, 2.24) is 5.32 Å². The molecule has 1 aliphatic rings. The van der Waals surface area contributed by atoms with E-state index in [-0.39, 0.29) is 5.91 Å². The number of benzene rings is 1. The van der Waals surface area contributed by atoms with Crippen LogP contribution in [0.1, 0.15) is 37.7 Å². The number of carbonyl (C=O) groups excluding carboxylic acids is 1. The number of carboxylic acid groups (broad SMARTS) is 1. The van der Waals surface area contributed by atoms with Crippen molar-refractivity contribution < 1.29 is 19.4 Å². The van der Waals surface area contributed by atoms with Crippen molar-refractivity contribution in [3.05, 3.63) is 35.9 Å². The molecule has 0 spiro atoms. The topological polar surface area (TPSA) is 75.6 Å². The smallest absolute Gasteiger partial charge is 0.326 e. The Labute approximate surface area is 137 Å². The highest BCUT2D eigenvalue weighted by Crippen LogP contribution is 2.41. The van der Waals surface area contributed by atoms with Gasteiger partial charge < -0.3 is 15.2 Å². The fourth-order valence-electron chi connectivity index (χ4n) is 3.30. The van der Waals surface area contributed by atoms with E-state index in [4.69, 9.17) is 4.74 Å². The monoisotopic (exact) mass is 319 g/mol. The second kappa shape index (κ2) is 8.11. The van der Waals surface area contributed by atoms with Crippen LogP contribution in [0.2, 0.25) is 0 Å². The average molecular weight is 319 g/mol. The molecule has 5 heteroatoms. The first-order chi connectivity index (χ1) is 11.1. The van der Waals surface area contributed by atoms with Gasteiger partial charge in [-0.2, -0.15) is 0 Å². The average Bonchev–Trinajstić information content (AvgIpc) is 3.03. The van der Waals surface area contributed by atoms with Crippen LogP contribution in [-0.4, -0.2) is 36.7 Å². The van der Waals surface area contributed by atoms with Gasteiger partial charge in [-0.1, -0.05) is 43.2 Å². The minimum Gasteiger partial charge on any atom is -0.480 e. The molecule has 0 aliphatic heterocycles. The molecule has 0 heterocycles. The first kappa shape index (κ1) is 17.5. The number of carbonyl (C=O) groups is 2. The molecule has 0 saturated heterocycles. The second-order valence-corrected chi connectivity index (χ2v) is 6.28. The Kier molecular flexibility index (Phi) is 6.16. The molecule has 1 unspecified atom stereocenters. The maximum Gasteiger partial charge on any atom is 0.326 e. The molecule has 2 rings (SSSR count). The number of aliphatic carboxylic acids is 1. The Balaban J connectivity index is 2.06. The van der Waals surface area contributed by atoms with Gasteiger partial charge in [0.15, 0.2) is 0 Å². The summed E-state index contributed by atoms with van der Waals surface area (Å²) in [6, 6.07) is 8.47. The lowest BCUT2D eigenvalue weighted by Gasteiger charge is -2.29. The van der Waals surface area contributed by atoms with Crippen LogP contribution in [-0.2, 0) is 20.7 Å². The second-order valence-electron chi connectivity index (χ2n) is 6.28. The summed E-state index contributed by atoms with van der Waals surface area (Å²) in [5.41, 5.74) is 0.429. The number of hydrogen-bond donors (Lipinski definition) is 2. The Hall–Kier alpha value is -1.88. The van der Waals surface area contributed by atoms with Crippen LogP contribution in [0.4, 0.5) is 0 Å². The van der Waals surface area contributed by atoms with Gasteiger partial charge in [-0.05, 0) is 24.8 Å². The molecule has 1 aromatic carbocycles.